The first-order valence-corrected chi connectivity index (χ1v) is 14.6. The van der Waals surface area contributed by atoms with Crippen LogP contribution in [0.5, 0.6) is 0 Å². The van der Waals surface area contributed by atoms with Crippen molar-refractivity contribution in [1.82, 2.24) is 0 Å². The number of hydrogen-bond acceptors (Lipinski definition) is 3. The third-order valence-electron chi connectivity index (χ3n) is 5.99. The van der Waals surface area contributed by atoms with Crippen LogP contribution in [0, 0.1) is 5.92 Å². The van der Waals surface area contributed by atoms with Crippen LogP contribution in [0.15, 0.2) is 12.2 Å². The van der Waals surface area contributed by atoms with E-state index in [-0.39, 0.29) is 12.5 Å². The Morgan fingerprint density at radius 3 is 1.55 bits per heavy atom. The molecule has 0 amide bonds. The van der Waals surface area contributed by atoms with Crippen molar-refractivity contribution in [2.75, 3.05) is 6.61 Å². The van der Waals surface area contributed by atoms with Crippen LogP contribution in [-0.4, -0.2) is 19.6 Å². The molecule has 0 heterocycles. The molecule has 0 bridgehead atoms. The van der Waals surface area contributed by atoms with E-state index >= 15 is 0 Å². The summed E-state index contributed by atoms with van der Waals surface area (Å²) in [5.41, 5.74) is 0. The van der Waals surface area contributed by atoms with Gasteiger partial charge in [-0.05, 0) is 19.3 Å². The molecule has 31 heavy (non-hydrogen) atoms. The maximum absolute atomic E-state index is 10.9. The molecule has 1 atom stereocenters. The maximum atomic E-state index is 10.9. The molecule has 186 valence electrons. The molecule has 0 aliphatic rings. The largest absolute Gasteiger partial charge is 0.397 e. The van der Waals surface area contributed by atoms with Crippen molar-refractivity contribution in [1.29, 1.82) is 0 Å². The minimum Gasteiger partial charge on any atom is -0.264 e. The normalized spacial score (nSPS) is 13.3. The summed E-state index contributed by atoms with van der Waals surface area (Å²) in [7, 11) is -4.35. The van der Waals surface area contributed by atoms with Crippen LogP contribution in [0.1, 0.15) is 142 Å². The molecule has 0 aromatic rings. The molecule has 0 aromatic carbocycles. The Morgan fingerprint density at radius 1 is 0.677 bits per heavy atom. The smallest absolute Gasteiger partial charge is 0.264 e. The number of hydrogen-bond donors (Lipinski definition) is 1. The summed E-state index contributed by atoms with van der Waals surface area (Å²) in [6, 6.07) is 0. The van der Waals surface area contributed by atoms with Gasteiger partial charge in [0.05, 0.1) is 6.61 Å². The van der Waals surface area contributed by atoms with Gasteiger partial charge >= 0.3 is 10.4 Å². The van der Waals surface area contributed by atoms with Crippen LogP contribution in [0.25, 0.3) is 0 Å². The summed E-state index contributed by atoms with van der Waals surface area (Å²) >= 11 is 0. The molecule has 0 radical (unpaired) electrons. The fraction of sp³-hybridized carbons (Fsp3) is 0.923. The van der Waals surface area contributed by atoms with Crippen molar-refractivity contribution >= 4 is 10.4 Å². The molecule has 0 spiro atoms. The summed E-state index contributed by atoms with van der Waals surface area (Å²) in [4.78, 5) is 0. The summed E-state index contributed by atoms with van der Waals surface area (Å²) in [5, 5.41) is 0. The quantitative estimate of drug-likeness (QED) is 0.0887. The third-order valence-corrected chi connectivity index (χ3v) is 6.43. The lowest BCUT2D eigenvalue weighted by atomic mass is 9.99. The van der Waals surface area contributed by atoms with E-state index in [1.54, 1.807) is 0 Å². The highest BCUT2D eigenvalue weighted by Crippen LogP contribution is 2.17. The zero-order chi connectivity index (χ0) is 23.0. The van der Waals surface area contributed by atoms with Crippen LogP contribution in [0.2, 0.25) is 0 Å². The Morgan fingerprint density at radius 2 is 1.10 bits per heavy atom. The molecule has 0 saturated carbocycles. The van der Waals surface area contributed by atoms with Gasteiger partial charge in [0.1, 0.15) is 0 Å². The van der Waals surface area contributed by atoms with Gasteiger partial charge in [-0.25, -0.2) is 4.18 Å². The molecule has 0 saturated heterocycles. The number of allylic oxidation sites excluding steroid dienone is 1. The van der Waals surface area contributed by atoms with Crippen molar-refractivity contribution < 1.29 is 17.2 Å². The number of unbranched alkanes of at least 4 members (excludes halogenated alkanes) is 17. The molecule has 0 aliphatic carbocycles. The first-order chi connectivity index (χ1) is 15.0. The molecule has 1 unspecified atom stereocenters. The summed E-state index contributed by atoms with van der Waals surface area (Å²) < 4.78 is 35.2. The minimum absolute atomic E-state index is 0.0434. The average molecular weight is 461 g/mol. The first kappa shape index (κ1) is 30.6. The molecule has 0 aliphatic heterocycles. The molecular formula is C26H52O4S. The maximum Gasteiger partial charge on any atom is 0.397 e. The SMILES string of the molecule is CCCCC/C=C/C(CCCCCCCCCCCCCCCCC)COS(=O)(=O)O. The lowest BCUT2D eigenvalue weighted by Gasteiger charge is -2.12. The standard InChI is InChI=1S/C26H52O4S/c1-3-5-7-9-10-11-12-13-14-15-16-17-18-20-22-24-26(25-30-31(27,28)29)23-21-19-8-6-4-2/h21,23,26H,3-20,22,24-25H2,1-2H3,(H,27,28,29)/b23-21+. The Kier molecular flexibility index (Phi) is 22.5. The van der Waals surface area contributed by atoms with E-state index in [1.165, 1.54) is 103 Å². The van der Waals surface area contributed by atoms with E-state index in [0.29, 0.717) is 0 Å². The second-order valence-electron chi connectivity index (χ2n) is 9.13. The Labute approximate surface area is 194 Å². The molecule has 0 fully saturated rings. The monoisotopic (exact) mass is 460 g/mol. The van der Waals surface area contributed by atoms with Crippen LogP contribution >= 0.6 is 0 Å². The summed E-state index contributed by atoms with van der Waals surface area (Å²) in [6.07, 6.45) is 29.8. The van der Waals surface area contributed by atoms with Crippen molar-refractivity contribution in [3.8, 4) is 0 Å². The van der Waals surface area contributed by atoms with Gasteiger partial charge in [0.25, 0.3) is 0 Å². The van der Waals surface area contributed by atoms with Crippen LogP contribution < -0.4 is 0 Å². The van der Waals surface area contributed by atoms with Crippen LogP contribution in [-0.2, 0) is 14.6 Å². The summed E-state index contributed by atoms with van der Waals surface area (Å²) in [6.45, 7) is 4.50. The van der Waals surface area contributed by atoms with E-state index in [4.69, 9.17) is 4.55 Å². The summed E-state index contributed by atoms with van der Waals surface area (Å²) in [5.74, 6) is 0.0607. The van der Waals surface area contributed by atoms with Crippen molar-refractivity contribution in [2.45, 2.75) is 142 Å². The van der Waals surface area contributed by atoms with E-state index in [1.807, 2.05) is 0 Å². The van der Waals surface area contributed by atoms with Gasteiger partial charge in [-0.3, -0.25) is 4.55 Å². The highest BCUT2D eigenvalue weighted by molar-refractivity contribution is 7.80. The third kappa shape index (κ3) is 25.7. The molecule has 5 heteroatoms. The highest BCUT2D eigenvalue weighted by atomic mass is 32.3. The molecular weight excluding hydrogens is 408 g/mol. The van der Waals surface area contributed by atoms with Gasteiger partial charge in [0.2, 0.25) is 0 Å². The second-order valence-corrected chi connectivity index (χ2v) is 10.2. The van der Waals surface area contributed by atoms with Gasteiger partial charge in [-0.15, -0.1) is 0 Å². The van der Waals surface area contributed by atoms with Gasteiger partial charge in [0.15, 0.2) is 0 Å². The second kappa shape index (κ2) is 22.8. The van der Waals surface area contributed by atoms with E-state index in [9.17, 15) is 8.42 Å². The minimum atomic E-state index is -4.35. The average Bonchev–Trinajstić information content (AvgIpc) is 2.73. The fourth-order valence-electron chi connectivity index (χ4n) is 3.99. The van der Waals surface area contributed by atoms with Crippen LogP contribution in [0.3, 0.4) is 0 Å². The van der Waals surface area contributed by atoms with Gasteiger partial charge in [0, 0.05) is 5.92 Å². The van der Waals surface area contributed by atoms with Crippen molar-refractivity contribution in [3.05, 3.63) is 12.2 Å². The molecule has 0 aromatic heterocycles. The Hall–Kier alpha value is -0.390. The lowest BCUT2D eigenvalue weighted by Crippen LogP contribution is -2.12. The Balaban J connectivity index is 3.67. The van der Waals surface area contributed by atoms with Gasteiger partial charge < -0.3 is 0 Å². The first-order valence-electron chi connectivity index (χ1n) is 13.3. The van der Waals surface area contributed by atoms with E-state index < -0.39 is 10.4 Å². The molecule has 0 rings (SSSR count). The zero-order valence-electron chi connectivity index (χ0n) is 20.7. The van der Waals surface area contributed by atoms with E-state index in [0.717, 1.165) is 25.7 Å². The van der Waals surface area contributed by atoms with Crippen LogP contribution in [0.4, 0.5) is 0 Å². The predicted octanol–water partition coefficient (Wildman–Crippen LogP) is 8.82. The topological polar surface area (TPSA) is 63.6 Å². The van der Waals surface area contributed by atoms with Gasteiger partial charge in [-0.1, -0.05) is 135 Å². The van der Waals surface area contributed by atoms with Crippen molar-refractivity contribution in [2.24, 2.45) is 5.92 Å². The Bertz CT molecular complexity index is 488. The van der Waals surface area contributed by atoms with Crippen molar-refractivity contribution in [3.63, 3.8) is 0 Å². The zero-order valence-corrected chi connectivity index (χ0v) is 21.5. The molecule has 4 nitrogen and oxygen atoms in total. The van der Waals surface area contributed by atoms with E-state index in [2.05, 4.69) is 30.2 Å². The lowest BCUT2D eigenvalue weighted by molar-refractivity contribution is 0.234. The molecule has 1 N–H and O–H groups in total. The predicted molar refractivity (Wildman–Crippen MR) is 134 cm³/mol. The highest BCUT2D eigenvalue weighted by Gasteiger charge is 2.11. The number of rotatable bonds is 24. The van der Waals surface area contributed by atoms with Gasteiger partial charge in [-0.2, -0.15) is 8.42 Å². The fourth-order valence-corrected chi connectivity index (χ4v) is 4.33.